The minimum Gasteiger partial charge on any atom is -0.495 e. The Hall–Kier alpha value is -4.89. The lowest BCUT2D eigenvalue weighted by atomic mass is 9.72. The predicted molar refractivity (Wildman–Crippen MR) is 216 cm³/mol. The molecule has 1 saturated heterocycles. The predicted octanol–water partition coefficient (Wildman–Crippen LogP) is 9.45. The topological polar surface area (TPSA) is 97.4 Å². The van der Waals surface area contributed by atoms with Crippen LogP contribution in [0.25, 0.3) is 22.0 Å². The minimum atomic E-state index is -0.968. The monoisotopic (exact) mass is 730 g/mol. The molecule has 8 heteroatoms. The highest BCUT2D eigenvalue weighted by Gasteiger charge is 2.41. The SMILES string of the molecule is CC(C)(C)c1ccc(C(O)CCCN2CCC(C(O)(c3ccccc3)c3ccccc3)CC2)cc1.COc1ccc2c(OC)c3ccoc3nc2c1OC. The maximum atomic E-state index is 12.1. The van der Waals surface area contributed by atoms with Crippen molar-refractivity contribution in [1.82, 2.24) is 9.88 Å². The Kier molecular flexibility index (Phi) is 12.3. The molecule has 0 radical (unpaired) electrons. The summed E-state index contributed by atoms with van der Waals surface area (Å²) in [7, 11) is 4.79. The number of benzene rings is 4. The number of fused-ring (bicyclic) bond motifs is 2. The molecule has 2 N–H and O–H groups in total. The number of nitrogens with zero attached hydrogens (tertiary/aromatic N) is 2. The molecule has 7 rings (SSSR count). The molecule has 0 aliphatic carbocycles. The van der Waals surface area contributed by atoms with Crippen LogP contribution in [0.3, 0.4) is 0 Å². The number of piperidine rings is 1. The maximum Gasteiger partial charge on any atom is 0.230 e. The van der Waals surface area contributed by atoms with Crippen LogP contribution in [-0.4, -0.2) is 61.1 Å². The Morgan fingerprint density at radius 3 is 1.91 bits per heavy atom. The van der Waals surface area contributed by atoms with Crippen molar-refractivity contribution in [3.05, 3.63) is 132 Å². The van der Waals surface area contributed by atoms with E-state index in [1.165, 1.54) is 5.56 Å². The van der Waals surface area contributed by atoms with Crippen molar-refractivity contribution in [3.8, 4) is 17.2 Å². The van der Waals surface area contributed by atoms with Gasteiger partial charge in [0.2, 0.25) is 5.71 Å². The number of rotatable bonds is 11. The number of hydrogen-bond acceptors (Lipinski definition) is 8. The van der Waals surface area contributed by atoms with E-state index in [-0.39, 0.29) is 11.3 Å². The van der Waals surface area contributed by atoms with Gasteiger partial charge in [-0.3, -0.25) is 0 Å². The fourth-order valence-corrected chi connectivity index (χ4v) is 7.71. The van der Waals surface area contributed by atoms with E-state index < -0.39 is 11.7 Å². The highest BCUT2D eigenvalue weighted by Crippen LogP contribution is 2.43. The van der Waals surface area contributed by atoms with Gasteiger partial charge in [-0.1, -0.05) is 106 Å². The molecule has 1 fully saturated rings. The van der Waals surface area contributed by atoms with Gasteiger partial charge >= 0.3 is 0 Å². The van der Waals surface area contributed by atoms with Crippen molar-refractivity contribution in [2.45, 2.75) is 63.6 Å². The van der Waals surface area contributed by atoms with E-state index in [9.17, 15) is 10.2 Å². The largest absolute Gasteiger partial charge is 0.495 e. The summed E-state index contributed by atoms with van der Waals surface area (Å²) < 4.78 is 21.5. The molecule has 3 heterocycles. The average Bonchev–Trinajstić information content (AvgIpc) is 3.68. The molecule has 1 atom stereocenters. The fraction of sp³-hybridized carbons (Fsp3) is 0.370. The molecule has 0 saturated carbocycles. The van der Waals surface area contributed by atoms with E-state index >= 15 is 0 Å². The minimum absolute atomic E-state index is 0.128. The molecule has 0 amide bonds. The zero-order valence-electron chi connectivity index (χ0n) is 32.4. The van der Waals surface area contributed by atoms with Crippen molar-refractivity contribution < 1.29 is 28.8 Å². The molecular formula is C46H54N2O6. The van der Waals surface area contributed by atoms with E-state index in [0.29, 0.717) is 22.7 Å². The molecule has 284 valence electrons. The van der Waals surface area contributed by atoms with Gasteiger partial charge in [0.05, 0.1) is 39.1 Å². The van der Waals surface area contributed by atoms with Crippen LogP contribution < -0.4 is 14.2 Å². The first kappa shape index (κ1) is 38.8. The van der Waals surface area contributed by atoms with Crippen LogP contribution in [0.2, 0.25) is 0 Å². The van der Waals surface area contributed by atoms with Crippen LogP contribution in [0.4, 0.5) is 0 Å². The normalized spacial score (nSPS) is 14.7. The Morgan fingerprint density at radius 1 is 0.741 bits per heavy atom. The molecule has 1 aliphatic heterocycles. The first-order chi connectivity index (χ1) is 26.1. The Bertz CT molecular complexity index is 2040. The molecule has 8 nitrogen and oxygen atoms in total. The van der Waals surface area contributed by atoms with Gasteiger partial charge < -0.3 is 33.7 Å². The van der Waals surface area contributed by atoms with Crippen LogP contribution in [-0.2, 0) is 11.0 Å². The van der Waals surface area contributed by atoms with Crippen LogP contribution in [0.1, 0.15) is 74.8 Å². The summed E-state index contributed by atoms with van der Waals surface area (Å²) in [6.45, 7) is 9.57. The van der Waals surface area contributed by atoms with E-state index in [1.807, 2.05) is 54.6 Å². The van der Waals surface area contributed by atoms with Crippen molar-refractivity contribution in [2.75, 3.05) is 41.0 Å². The van der Waals surface area contributed by atoms with Crippen LogP contribution in [0, 0.1) is 5.92 Å². The lowest BCUT2D eigenvalue weighted by Gasteiger charge is -2.42. The maximum absolute atomic E-state index is 12.1. The molecule has 0 bridgehead atoms. The van der Waals surface area contributed by atoms with Gasteiger partial charge in [0, 0.05) is 5.39 Å². The Morgan fingerprint density at radius 2 is 1.35 bits per heavy atom. The molecule has 6 aromatic rings. The quantitative estimate of drug-likeness (QED) is 0.136. The van der Waals surface area contributed by atoms with Crippen LogP contribution in [0.5, 0.6) is 17.2 Å². The summed E-state index contributed by atoms with van der Waals surface area (Å²) in [5, 5.41) is 24.4. The van der Waals surface area contributed by atoms with Gasteiger partial charge in [-0.25, -0.2) is 4.98 Å². The Balaban J connectivity index is 0.000000219. The number of furan rings is 1. The second-order valence-electron chi connectivity index (χ2n) is 15.1. The van der Waals surface area contributed by atoms with Crippen molar-refractivity contribution >= 4 is 22.0 Å². The fourth-order valence-electron chi connectivity index (χ4n) is 7.71. The highest BCUT2D eigenvalue weighted by molar-refractivity contribution is 6.02. The van der Waals surface area contributed by atoms with Crippen molar-refractivity contribution in [3.63, 3.8) is 0 Å². The molecular weight excluding hydrogens is 677 g/mol. The average molecular weight is 731 g/mol. The number of aliphatic hydroxyl groups excluding tert-OH is 1. The number of ether oxygens (including phenoxy) is 3. The standard InChI is InChI=1S/C32H41NO2.C14H13NO4/c1-31(2,3)26-18-16-25(17-19-26)30(34)15-10-22-33-23-20-29(21-24-33)32(35,27-11-6-4-7-12-27)28-13-8-5-9-14-28;1-16-10-5-4-8-11(13(10)18-3)15-14-9(6-7-19-14)12(8)17-2/h4-9,11-14,16-19,29-30,34-35H,10,15,20-24H2,1-3H3;4-7H,1-3H3. The van der Waals surface area contributed by atoms with Gasteiger partial charge in [0.15, 0.2) is 11.5 Å². The van der Waals surface area contributed by atoms with Crippen LogP contribution in [0.15, 0.2) is 114 Å². The van der Waals surface area contributed by atoms with Crippen LogP contribution >= 0.6 is 0 Å². The van der Waals surface area contributed by atoms with Gasteiger partial charge in [-0.2, -0.15) is 0 Å². The van der Waals surface area contributed by atoms with Crippen molar-refractivity contribution in [2.24, 2.45) is 5.92 Å². The summed E-state index contributed by atoms with van der Waals surface area (Å²) in [6.07, 6.45) is 4.82. The summed E-state index contributed by atoms with van der Waals surface area (Å²) in [4.78, 5) is 6.96. The number of aromatic nitrogens is 1. The van der Waals surface area contributed by atoms with E-state index in [0.717, 1.165) is 78.5 Å². The zero-order valence-corrected chi connectivity index (χ0v) is 32.4. The lowest BCUT2D eigenvalue weighted by Crippen LogP contribution is -2.44. The number of hydrogen-bond donors (Lipinski definition) is 2. The second-order valence-corrected chi connectivity index (χ2v) is 15.1. The summed E-state index contributed by atoms with van der Waals surface area (Å²) in [6, 6.07) is 34.3. The highest BCUT2D eigenvalue weighted by atomic mass is 16.5. The van der Waals surface area contributed by atoms with E-state index in [2.05, 4.69) is 79.2 Å². The van der Waals surface area contributed by atoms with Gasteiger partial charge in [0.25, 0.3) is 0 Å². The summed E-state index contributed by atoms with van der Waals surface area (Å²) >= 11 is 0. The number of likely N-dealkylation sites (tertiary alicyclic amines) is 1. The van der Waals surface area contributed by atoms with E-state index in [4.69, 9.17) is 18.6 Å². The smallest absolute Gasteiger partial charge is 0.230 e. The molecule has 54 heavy (non-hydrogen) atoms. The number of pyridine rings is 1. The lowest BCUT2D eigenvalue weighted by molar-refractivity contribution is -0.0146. The molecule has 1 unspecified atom stereocenters. The van der Waals surface area contributed by atoms with Gasteiger partial charge in [0.1, 0.15) is 16.9 Å². The zero-order chi connectivity index (χ0) is 38.3. The molecule has 4 aromatic carbocycles. The first-order valence-electron chi connectivity index (χ1n) is 18.9. The molecule has 0 spiro atoms. The third-order valence-electron chi connectivity index (χ3n) is 10.8. The van der Waals surface area contributed by atoms with E-state index in [1.54, 1.807) is 27.6 Å². The van der Waals surface area contributed by atoms with Gasteiger partial charge in [-0.15, -0.1) is 0 Å². The second kappa shape index (κ2) is 17.1. The summed E-state index contributed by atoms with van der Waals surface area (Å²) in [5.41, 5.74) is 4.58. The Labute approximate surface area is 319 Å². The van der Waals surface area contributed by atoms with Crippen molar-refractivity contribution in [1.29, 1.82) is 0 Å². The third-order valence-corrected chi connectivity index (χ3v) is 10.8. The number of methoxy groups -OCH3 is 3. The summed E-state index contributed by atoms with van der Waals surface area (Å²) in [5.74, 6) is 2.08. The van der Waals surface area contributed by atoms with Gasteiger partial charge in [-0.05, 0) is 97.1 Å². The first-order valence-corrected chi connectivity index (χ1v) is 18.9. The third kappa shape index (κ3) is 8.26. The molecule has 2 aromatic heterocycles. The number of aliphatic hydroxyl groups is 2. The molecule has 1 aliphatic rings.